The van der Waals surface area contributed by atoms with Gasteiger partial charge in [-0.1, -0.05) is 13.8 Å². The Kier molecular flexibility index (Phi) is 12.1. The van der Waals surface area contributed by atoms with E-state index in [0.717, 1.165) is 63.8 Å². The molecule has 6 heteroatoms. The molecule has 0 atom stereocenters. The fraction of sp³-hybridized carbons (Fsp3) is 0.929. The van der Waals surface area contributed by atoms with Crippen LogP contribution in [0.2, 0.25) is 0 Å². The van der Waals surface area contributed by atoms with E-state index in [4.69, 9.17) is 9.73 Å². The zero-order chi connectivity index (χ0) is 14.0. The lowest BCUT2D eigenvalue weighted by molar-refractivity contribution is 0.0793. The maximum absolute atomic E-state index is 5.50. The fourth-order valence-corrected chi connectivity index (χ4v) is 3.43. The highest BCUT2D eigenvalue weighted by molar-refractivity contribution is 14.0. The van der Waals surface area contributed by atoms with Gasteiger partial charge in [0.2, 0.25) is 0 Å². The quantitative estimate of drug-likeness (QED) is 0.381. The second kappa shape index (κ2) is 11.9. The predicted octanol–water partition coefficient (Wildman–Crippen LogP) is 2.87. The second-order valence-electron chi connectivity index (χ2n) is 4.85. The molecule has 0 aromatic rings. The molecule has 0 aromatic carbocycles. The first-order valence-electron chi connectivity index (χ1n) is 7.50. The van der Waals surface area contributed by atoms with Crippen molar-refractivity contribution in [1.29, 1.82) is 0 Å². The molecule has 1 heterocycles. The van der Waals surface area contributed by atoms with Crippen LogP contribution in [0, 0.1) is 0 Å². The Morgan fingerprint density at radius 3 is 2.45 bits per heavy atom. The molecule has 0 spiro atoms. The Morgan fingerprint density at radius 1 is 1.20 bits per heavy atom. The van der Waals surface area contributed by atoms with Crippen LogP contribution in [0.3, 0.4) is 0 Å². The Labute approximate surface area is 145 Å². The molecule has 0 saturated carbocycles. The standard InChI is InChI=1S/C14H29N3OS.HI/c1-4-9-16-13(15-5-2)17-12-14(19-6-3)7-10-18-11-8-14;/h4-12H2,1-3H3,(H2,15,16,17);1H. The molecule has 1 aliphatic rings. The van der Waals surface area contributed by atoms with Gasteiger partial charge in [0.15, 0.2) is 5.96 Å². The molecular weight excluding hydrogens is 385 g/mol. The minimum absolute atomic E-state index is 0. The minimum Gasteiger partial charge on any atom is -0.381 e. The lowest BCUT2D eigenvalue weighted by atomic mass is 9.99. The lowest BCUT2D eigenvalue weighted by Crippen LogP contribution is -2.41. The Bertz CT molecular complexity index is 266. The normalized spacial score (nSPS) is 18.2. The number of halogens is 1. The van der Waals surface area contributed by atoms with E-state index in [1.165, 1.54) is 0 Å². The summed E-state index contributed by atoms with van der Waals surface area (Å²) in [7, 11) is 0. The van der Waals surface area contributed by atoms with Crippen LogP contribution in [0.25, 0.3) is 0 Å². The van der Waals surface area contributed by atoms with Crippen LogP contribution in [0.5, 0.6) is 0 Å². The smallest absolute Gasteiger partial charge is 0.191 e. The first-order chi connectivity index (χ1) is 9.26. The summed E-state index contributed by atoms with van der Waals surface area (Å²) in [6.07, 6.45) is 3.34. The van der Waals surface area contributed by atoms with E-state index < -0.39 is 0 Å². The van der Waals surface area contributed by atoms with Gasteiger partial charge in [0, 0.05) is 31.1 Å². The van der Waals surface area contributed by atoms with Gasteiger partial charge in [-0.3, -0.25) is 4.99 Å². The third kappa shape index (κ3) is 7.36. The molecule has 0 amide bonds. The van der Waals surface area contributed by atoms with E-state index in [1.807, 2.05) is 11.8 Å². The van der Waals surface area contributed by atoms with Crippen molar-refractivity contribution >= 4 is 41.7 Å². The molecule has 4 nitrogen and oxygen atoms in total. The molecule has 0 bridgehead atoms. The summed E-state index contributed by atoms with van der Waals surface area (Å²) in [6, 6.07) is 0. The van der Waals surface area contributed by atoms with Crippen LogP contribution < -0.4 is 10.6 Å². The van der Waals surface area contributed by atoms with Gasteiger partial charge in [0.25, 0.3) is 0 Å². The Hall–Kier alpha value is 0.310. The first-order valence-corrected chi connectivity index (χ1v) is 8.48. The van der Waals surface area contributed by atoms with Crippen LogP contribution in [0.4, 0.5) is 0 Å². The number of rotatable bonds is 7. The highest BCUT2D eigenvalue weighted by Crippen LogP contribution is 2.35. The largest absolute Gasteiger partial charge is 0.381 e. The zero-order valence-electron chi connectivity index (χ0n) is 13.0. The number of nitrogens with zero attached hydrogens (tertiary/aromatic N) is 1. The molecule has 0 aromatic heterocycles. The van der Waals surface area contributed by atoms with E-state index in [9.17, 15) is 0 Å². The SMILES string of the molecule is CCCNC(=NCC1(SCC)CCOCC1)NCC.I. The average molecular weight is 415 g/mol. The molecular formula is C14H30IN3OS. The monoisotopic (exact) mass is 415 g/mol. The lowest BCUT2D eigenvalue weighted by Gasteiger charge is -2.35. The summed E-state index contributed by atoms with van der Waals surface area (Å²) in [4.78, 5) is 4.78. The Balaban J connectivity index is 0.00000361. The fourth-order valence-electron chi connectivity index (χ4n) is 2.21. The van der Waals surface area contributed by atoms with Crippen molar-refractivity contribution in [3.8, 4) is 0 Å². The molecule has 0 unspecified atom stereocenters. The van der Waals surface area contributed by atoms with E-state index >= 15 is 0 Å². The van der Waals surface area contributed by atoms with Crippen LogP contribution >= 0.6 is 35.7 Å². The van der Waals surface area contributed by atoms with Crippen LogP contribution in [-0.4, -0.2) is 49.3 Å². The number of aliphatic imine (C=N–C) groups is 1. The van der Waals surface area contributed by atoms with Gasteiger partial charge in [-0.25, -0.2) is 0 Å². The van der Waals surface area contributed by atoms with E-state index in [2.05, 4.69) is 31.4 Å². The molecule has 1 rings (SSSR count). The predicted molar refractivity (Wildman–Crippen MR) is 101 cm³/mol. The minimum atomic E-state index is 0. The van der Waals surface area contributed by atoms with Crippen molar-refractivity contribution in [3.05, 3.63) is 0 Å². The van der Waals surface area contributed by atoms with Crippen molar-refractivity contribution in [3.63, 3.8) is 0 Å². The summed E-state index contributed by atoms with van der Waals surface area (Å²) in [5.41, 5.74) is 0. The van der Waals surface area contributed by atoms with Gasteiger partial charge >= 0.3 is 0 Å². The number of hydrogen-bond acceptors (Lipinski definition) is 3. The topological polar surface area (TPSA) is 45.7 Å². The van der Waals surface area contributed by atoms with Gasteiger partial charge < -0.3 is 15.4 Å². The maximum Gasteiger partial charge on any atom is 0.191 e. The van der Waals surface area contributed by atoms with Gasteiger partial charge in [0.05, 0.1) is 6.54 Å². The summed E-state index contributed by atoms with van der Waals surface area (Å²) in [5.74, 6) is 2.10. The average Bonchev–Trinajstić information content (AvgIpc) is 2.43. The third-order valence-electron chi connectivity index (χ3n) is 3.27. The molecule has 1 fully saturated rings. The van der Waals surface area contributed by atoms with Crippen LogP contribution in [0.1, 0.15) is 40.0 Å². The molecule has 0 aliphatic carbocycles. The number of thioether (sulfide) groups is 1. The van der Waals surface area contributed by atoms with Crippen molar-refractivity contribution in [2.75, 3.05) is 38.6 Å². The third-order valence-corrected chi connectivity index (χ3v) is 4.70. The highest BCUT2D eigenvalue weighted by Gasteiger charge is 2.32. The number of guanidine groups is 1. The van der Waals surface area contributed by atoms with Gasteiger partial charge in [0.1, 0.15) is 0 Å². The molecule has 0 radical (unpaired) electrons. The van der Waals surface area contributed by atoms with Gasteiger partial charge in [-0.2, -0.15) is 11.8 Å². The Morgan fingerprint density at radius 2 is 1.90 bits per heavy atom. The molecule has 120 valence electrons. The van der Waals surface area contributed by atoms with Gasteiger partial charge in [-0.05, 0) is 31.9 Å². The summed E-state index contributed by atoms with van der Waals surface area (Å²) in [6.45, 7) is 11.0. The van der Waals surface area contributed by atoms with Crippen molar-refractivity contribution in [2.45, 2.75) is 44.8 Å². The van der Waals surface area contributed by atoms with Crippen molar-refractivity contribution in [1.82, 2.24) is 10.6 Å². The number of hydrogen-bond donors (Lipinski definition) is 2. The molecule has 1 saturated heterocycles. The van der Waals surface area contributed by atoms with Gasteiger partial charge in [-0.15, -0.1) is 24.0 Å². The maximum atomic E-state index is 5.50. The number of nitrogens with one attached hydrogen (secondary N) is 2. The zero-order valence-corrected chi connectivity index (χ0v) is 16.2. The molecule has 1 aliphatic heterocycles. The van der Waals surface area contributed by atoms with Crippen LogP contribution in [0.15, 0.2) is 4.99 Å². The highest BCUT2D eigenvalue weighted by atomic mass is 127. The van der Waals surface area contributed by atoms with Crippen LogP contribution in [-0.2, 0) is 4.74 Å². The van der Waals surface area contributed by atoms with E-state index in [-0.39, 0.29) is 28.7 Å². The molecule has 2 N–H and O–H groups in total. The second-order valence-corrected chi connectivity index (χ2v) is 6.58. The van der Waals surface area contributed by atoms with E-state index in [1.54, 1.807) is 0 Å². The summed E-state index contributed by atoms with van der Waals surface area (Å²) < 4.78 is 5.78. The molecule has 20 heavy (non-hydrogen) atoms. The summed E-state index contributed by atoms with van der Waals surface area (Å²) in [5, 5.41) is 6.68. The summed E-state index contributed by atoms with van der Waals surface area (Å²) >= 11 is 2.04. The number of ether oxygens (including phenoxy) is 1. The van der Waals surface area contributed by atoms with Crippen molar-refractivity contribution < 1.29 is 4.74 Å². The van der Waals surface area contributed by atoms with E-state index in [0.29, 0.717) is 0 Å². The first kappa shape index (κ1) is 20.3. The van der Waals surface area contributed by atoms with Crippen molar-refractivity contribution in [2.24, 2.45) is 4.99 Å².